The van der Waals surface area contributed by atoms with Crippen molar-refractivity contribution in [1.29, 1.82) is 0 Å². The van der Waals surface area contributed by atoms with E-state index in [0.717, 1.165) is 12.0 Å². The van der Waals surface area contributed by atoms with Gasteiger partial charge in [-0.3, -0.25) is 9.20 Å². The minimum Gasteiger partial charge on any atom is -0.325 e. The lowest BCUT2D eigenvalue weighted by Gasteiger charge is -2.18. The number of nitrogens with two attached hydrogens (primary N) is 1. The van der Waals surface area contributed by atoms with Gasteiger partial charge in [0.15, 0.2) is 5.65 Å². The number of nitrogens with zero attached hydrogens (tertiary/aromatic N) is 3. The van der Waals surface area contributed by atoms with E-state index in [0.29, 0.717) is 17.9 Å². The predicted molar refractivity (Wildman–Crippen MR) is 101 cm³/mol. The third kappa shape index (κ3) is 3.67. The van der Waals surface area contributed by atoms with Gasteiger partial charge in [-0.25, -0.2) is 9.48 Å². The summed E-state index contributed by atoms with van der Waals surface area (Å²) in [6.07, 6.45) is 2.53. The summed E-state index contributed by atoms with van der Waals surface area (Å²) in [6, 6.07) is 12.2. The molecule has 2 atom stereocenters. The Hall–Kier alpha value is -2.93. The summed E-state index contributed by atoms with van der Waals surface area (Å²) in [7, 11) is 0. The first-order valence-corrected chi connectivity index (χ1v) is 8.69. The van der Waals surface area contributed by atoms with Crippen molar-refractivity contribution in [3.63, 3.8) is 0 Å². The number of anilines is 1. The fourth-order valence-electron chi connectivity index (χ4n) is 2.73. The monoisotopic (exact) mass is 353 g/mol. The van der Waals surface area contributed by atoms with E-state index in [-0.39, 0.29) is 17.5 Å². The number of nitrogens with one attached hydrogen (secondary N) is 1. The Morgan fingerprint density at radius 3 is 2.81 bits per heavy atom. The van der Waals surface area contributed by atoms with Crippen molar-refractivity contribution in [2.75, 3.05) is 5.32 Å². The lowest BCUT2D eigenvalue weighted by Crippen LogP contribution is -2.40. The third-order valence-electron chi connectivity index (χ3n) is 4.58. The molecule has 0 radical (unpaired) electrons. The molecule has 2 aromatic heterocycles. The van der Waals surface area contributed by atoms with Gasteiger partial charge in [-0.15, -0.1) is 5.10 Å². The zero-order valence-electron chi connectivity index (χ0n) is 14.9. The van der Waals surface area contributed by atoms with E-state index in [1.165, 1.54) is 9.08 Å². The highest BCUT2D eigenvalue weighted by Gasteiger charge is 2.19. The number of amides is 1. The van der Waals surface area contributed by atoms with Crippen LogP contribution in [-0.4, -0.2) is 26.1 Å². The highest BCUT2D eigenvalue weighted by atomic mass is 16.2. The molecule has 3 rings (SSSR count). The topological polar surface area (TPSA) is 94.4 Å². The van der Waals surface area contributed by atoms with Gasteiger partial charge in [0.1, 0.15) is 0 Å². The fourth-order valence-corrected chi connectivity index (χ4v) is 2.73. The van der Waals surface area contributed by atoms with Crippen LogP contribution in [0.2, 0.25) is 0 Å². The Bertz CT molecular complexity index is 975. The Kier molecular flexibility index (Phi) is 5.18. The van der Waals surface area contributed by atoms with E-state index in [9.17, 15) is 9.59 Å². The Labute approximate surface area is 151 Å². The summed E-state index contributed by atoms with van der Waals surface area (Å²) in [6.45, 7) is 4.28. The number of carbonyl (C=O) groups is 1. The zero-order chi connectivity index (χ0) is 18.7. The molecule has 2 unspecified atom stereocenters. The minimum absolute atomic E-state index is 0.106. The number of benzene rings is 1. The van der Waals surface area contributed by atoms with Gasteiger partial charge in [0.2, 0.25) is 5.91 Å². The van der Waals surface area contributed by atoms with Crippen molar-refractivity contribution in [2.45, 2.75) is 32.9 Å². The number of aromatic nitrogens is 3. The molecule has 1 amide bonds. The number of fused-ring (bicyclic) bond motifs is 1. The van der Waals surface area contributed by atoms with Crippen LogP contribution in [-0.2, 0) is 11.3 Å². The number of rotatable bonds is 6. The molecule has 0 saturated carbocycles. The minimum atomic E-state index is -0.551. The summed E-state index contributed by atoms with van der Waals surface area (Å²) in [5, 5.41) is 7.17. The maximum Gasteiger partial charge on any atom is 0.350 e. The second kappa shape index (κ2) is 7.53. The molecular weight excluding hydrogens is 330 g/mol. The molecule has 0 aliphatic heterocycles. The molecule has 0 fully saturated rings. The first-order chi connectivity index (χ1) is 12.5. The van der Waals surface area contributed by atoms with E-state index in [1.807, 2.05) is 38.1 Å². The van der Waals surface area contributed by atoms with Gasteiger partial charge in [-0.1, -0.05) is 38.5 Å². The molecular formula is C19H23N5O2. The molecule has 7 heteroatoms. The molecule has 1 aromatic carbocycles. The smallest absolute Gasteiger partial charge is 0.325 e. The van der Waals surface area contributed by atoms with Crippen LogP contribution >= 0.6 is 0 Å². The van der Waals surface area contributed by atoms with Gasteiger partial charge in [-0.05, 0) is 35.7 Å². The third-order valence-corrected chi connectivity index (χ3v) is 4.58. The average Bonchev–Trinajstić information content (AvgIpc) is 2.96. The Morgan fingerprint density at radius 2 is 2.08 bits per heavy atom. The van der Waals surface area contributed by atoms with Crippen molar-refractivity contribution in [1.82, 2.24) is 14.2 Å². The lowest BCUT2D eigenvalue weighted by atomic mass is 9.99. The molecule has 0 aliphatic rings. The van der Waals surface area contributed by atoms with Crippen LogP contribution in [0.3, 0.4) is 0 Å². The molecule has 0 spiro atoms. The highest BCUT2D eigenvalue weighted by molar-refractivity contribution is 5.94. The van der Waals surface area contributed by atoms with Crippen LogP contribution in [0.1, 0.15) is 25.8 Å². The molecule has 0 aliphatic carbocycles. The maximum absolute atomic E-state index is 12.4. The van der Waals surface area contributed by atoms with Gasteiger partial charge >= 0.3 is 5.69 Å². The summed E-state index contributed by atoms with van der Waals surface area (Å²) < 4.78 is 2.90. The van der Waals surface area contributed by atoms with Crippen LogP contribution in [0.5, 0.6) is 0 Å². The van der Waals surface area contributed by atoms with Crippen LogP contribution in [0.4, 0.5) is 5.69 Å². The van der Waals surface area contributed by atoms with Gasteiger partial charge in [0.05, 0.1) is 12.6 Å². The predicted octanol–water partition coefficient (Wildman–Crippen LogP) is 1.86. The highest BCUT2D eigenvalue weighted by Crippen LogP contribution is 2.14. The second-order valence-corrected chi connectivity index (χ2v) is 6.47. The zero-order valence-corrected chi connectivity index (χ0v) is 14.9. The molecule has 136 valence electrons. The van der Waals surface area contributed by atoms with Crippen LogP contribution in [0.25, 0.3) is 5.65 Å². The molecule has 2 heterocycles. The summed E-state index contributed by atoms with van der Waals surface area (Å²) in [5.41, 5.74) is 7.89. The number of pyridine rings is 1. The average molecular weight is 353 g/mol. The molecule has 0 saturated heterocycles. The summed E-state index contributed by atoms with van der Waals surface area (Å²) in [5.74, 6) is -0.101. The summed E-state index contributed by atoms with van der Waals surface area (Å²) in [4.78, 5) is 24.6. The van der Waals surface area contributed by atoms with E-state index in [1.54, 1.807) is 24.4 Å². The quantitative estimate of drug-likeness (QED) is 0.707. The van der Waals surface area contributed by atoms with Crippen LogP contribution < -0.4 is 16.7 Å². The first-order valence-electron chi connectivity index (χ1n) is 8.69. The molecule has 26 heavy (non-hydrogen) atoms. The van der Waals surface area contributed by atoms with E-state index in [4.69, 9.17) is 5.73 Å². The first kappa shape index (κ1) is 17.9. The van der Waals surface area contributed by atoms with Crippen molar-refractivity contribution in [2.24, 2.45) is 11.7 Å². The molecule has 3 aromatic rings. The fraction of sp³-hybridized carbons (Fsp3) is 0.316. The Morgan fingerprint density at radius 1 is 1.27 bits per heavy atom. The maximum atomic E-state index is 12.4. The van der Waals surface area contributed by atoms with E-state index < -0.39 is 6.04 Å². The number of carbonyl (C=O) groups excluding carboxylic acids is 1. The van der Waals surface area contributed by atoms with E-state index in [2.05, 4.69) is 10.4 Å². The van der Waals surface area contributed by atoms with E-state index >= 15 is 0 Å². The van der Waals surface area contributed by atoms with Crippen molar-refractivity contribution >= 4 is 17.2 Å². The van der Waals surface area contributed by atoms with Gasteiger partial charge in [0.25, 0.3) is 0 Å². The van der Waals surface area contributed by atoms with Gasteiger partial charge in [0, 0.05) is 11.9 Å². The standard InChI is InChI=1S/C19H23N5O2/c1-3-13(2)17(20)18(25)21-15-8-6-7-14(11-15)12-24-19(26)23-10-5-4-9-16(23)22-24/h4-11,13,17H,3,12,20H2,1-2H3,(H,21,25). The Balaban J connectivity index is 1.78. The van der Waals surface area contributed by atoms with Gasteiger partial charge in [-0.2, -0.15) is 0 Å². The lowest BCUT2D eigenvalue weighted by molar-refractivity contribution is -0.118. The summed E-state index contributed by atoms with van der Waals surface area (Å²) >= 11 is 0. The van der Waals surface area contributed by atoms with Crippen LogP contribution in [0, 0.1) is 5.92 Å². The van der Waals surface area contributed by atoms with Crippen molar-refractivity contribution in [3.8, 4) is 0 Å². The SMILES string of the molecule is CCC(C)C(N)C(=O)Nc1cccc(Cn2nc3ccccn3c2=O)c1. The normalized spacial score (nSPS) is 13.5. The number of hydrogen-bond donors (Lipinski definition) is 2. The largest absolute Gasteiger partial charge is 0.350 e. The van der Waals surface area contributed by atoms with Crippen LogP contribution in [0.15, 0.2) is 53.5 Å². The van der Waals surface area contributed by atoms with Gasteiger partial charge < -0.3 is 11.1 Å². The molecule has 7 nitrogen and oxygen atoms in total. The molecule has 3 N–H and O–H groups in total. The second-order valence-electron chi connectivity index (χ2n) is 6.47. The number of hydrogen-bond acceptors (Lipinski definition) is 4. The van der Waals surface area contributed by atoms with Crippen molar-refractivity contribution in [3.05, 3.63) is 64.7 Å². The van der Waals surface area contributed by atoms with Crippen molar-refractivity contribution < 1.29 is 4.79 Å². The molecule has 0 bridgehead atoms.